The third-order valence-corrected chi connectivity index (χ3v) is 7.77. The first-order chi connectivity index (χ1) is 22.9. The molecule has 11 N–H and O–H groups in total. The second-order valence-corrected chi connectivity index (χ2v) is 11.4. The van der Waals surface area contributed by atoms with Crippen molar-refractivity contribution in [3.8, 4) is 11.5 Å². The van der Waals surface area contributed by atoms with E-state index in [0.717, 1.165) is 10.9 Å². The largest absolute Gasteiger partial charge is 0.508 e. The summed E-state index contributed by atoms with van der Waals surface area (Å²) >= 11 is 0. The van der Waals surface area contributed by atoms with Crippen LogP contribution in [0.4, 0.5) is 0 Å². The summed E-state index contributed by atoms with van der Waals surface area (Å²) < 4.78 is 0. The van der Waals surface area contributed by atoms with Crippen molar-refractivity contribution in [3.05, 3.63) is 95.7 Å². The van der Waals surface area contributed by atoms with Gasteiger partial charge in [-0.25, -0.2) is 4.79 Å². The first kappa shape index (κ1) is 35.0. The number of carboxylic acid groups (broad SMARTS) is 1. The van der Waals surface area contributed by atoms with E-state index in [1.165, 1.54) is 36.4 Å². The fourth-order valence-corrected chi connectivity index (χ4v) is 5.13. The minimum Gasteiger partial charge on any atom is -0.508 e. The van der Waals surface area contributed by atoms with E-state index < -0.39 is 53.8 Å². The highest BCUT2D eigenvalue weighted by Gasteiger charge is 2.31. The molecule has 0 aliphatic rings. The summed E-state index contributed by atoms with van der Waals surface area (Å²) in [5, 5.41) is 37.8. The number of hydrogen-bond donors (Lipinski definition) is 9. The average Bonchev–Trinajstić information content (AvgIpc) is 3.47. The van der Waals surface area contributed by atoms with E-state index in [4.69, 9.17) is 11.5 Å². The summed E-state index contributed by atoms with van der Waals surface area (Å²) in [6, 6.07) is 14.0. The summed E-state index contributed by atoms with van der Waals surface area (Å²) in [5.74, 6) is -4.25. The van der Waals surface area contributed by atoms with E-state index in [1.54, 1.807) is 18.3 Å². The minimum absolute atomic E-state index is 0.00369. The molecule has 4 unspecified atom stereocenters. The van der Waals surface area contributed by atoms with Gasteiger partial charge in [-0.15, -0.1) is 0 Å². The van der Waals surface area contributed by atoms with Crippen molar-refractivity contribution in [2.24, 2.45) is 11.5 Å². The van der Waals surface area contributed by atoms with Crippen LogP contribution in [0.15, 0.2) is 79.0 Å². The van der Waals surface area contributed by atoms with Crippen LogP contribution in [0.3, 0.4) is 0 Å². The maximum absolute atomic E-state index is 13.9. The van der Waals surface area contributed by atoms with Crippen molar-refractivity contribution < 1.29 is 39.3 Å². The predicted molar refractivity (Wildman–Crippen MR) is 175 cm³/mol. The standard InChI is InChI=1S/C34H38N6O8/c35-25(13-14-30(36)43)31(44)38-28(17-21-18-37-26-4-2-1-3-24(21)26)33(46)39-27(15-19-5-9-22(41)10-6-19)32(45)40-29(34(47)48)16-20-7-11-23(42)12-8-20/h1-12,18,25,27-29,37,41-42H,13-17,35H2,(H2,36,43)(H,38,44)(H,39,46)(H,40,45)(H,47,48). The molecule has 3 aromatic carbocycles. The Kier molecular flexibility index (Phi) is 11.7. The number of H-pyrrole nitrogens is 1. The lowest BCUT2D eigenvalue weighted by Gasteiger charge is -2.25. The summed E-state index contributed by atoms with van der Waals surface area (Å²) in [7, 11) is 0. The first-order valence-corrected chi connectivity index (χ1v) is 15.2. The molecule has 4 aromatic rings. The maximum Gasteiger partial charge on any atom is 0.326 e. The molecule has 0 aliphatic carbocycles. The van der Waals surface area contributed by atoms with Crippen molar-refractivity contribution in [1.29, 1.82) is 0 Å². The number of aromatic hydroxyl groups is 2. The van der Waals surface area contributed by atoms with Gasteiger partial charge in [-0.2, -0.15) is 0 Å². The van der Waals surface area contributed by atoms with Gasteiger partial charge in [0.05, 0.1) is 6.04 Å². The first-order valence-electron chi connectivity index (χ1n) is 15.2. The zero-order chi connectivity index (χ0) is 34.8. The van der Waals surface area contributed by atoms with E-state index in [9.17, 15) is 39.3 Å². The molecule has 0 fully saturated rings. The Hall–Kier alpha value is -5.89. The number of phenolic OH excluding ortho intramolecular Hbond substituents is 2. The van der Waals surface area contributed by atoms with Gasteiger partial charge in [-0.1, -0.05) is 42.5 Å². The number of phenols is 2. The number of para-hydroxylation sites is 1. The number of carboxylic acids is 1. The molecule has 4 amide bonds. The van der Waals surface area contributed by atoms with Gasteiger partial charge in [0.15, 0.2) is 0 Å². The highest BCUT2D eigenvalue weighted by molar-refractivity contribution is 5.95. The normalized spacial score (nSPS) is 13.5. The molecule has 14 nitrogen and oxygen atoms in total. The molecule has 0 saturated carbocycles. The van der Waals surface area contributed by atoms with E-state index >= 15 is 0 Å². The molecule has 4 atom stereocenters. The molecule has 4 rings (SSSR count). The third-order valence-electron chi connectivity index (χ3n) is 7.77. The number of benzene rings is 3. The number of amides is 4. The Morgan fingerprint density at radius 1 is 0.688 bits per heavy atom. The van der Waals surface area contributed by atoms with E-state index in [2.05, 4.69) is 20.9 Å². The van der Waals surface area contributed by atoms with E-state index in [1.807, 2.05) is 24.3 Å². The van der Waals surface area contributed by atoms with Crippen LogP contribution in [0, 0.1) is 0 Å². The maximum atomic E-state index is 13.9. The minimum atomic E-state index is -1.38. The predicted octanol–water partition coefficient (Wildman–Crippen LogP) is 0.739. The summed E-state index contributed by atoms with van der Waals surface area (Å²) in [6.07, 6.45) is 1.31. The molecule has 48 heavy (non-hydrogen) atoms. The number of nitrogens with one attached hydrogen (secondary N) is 4. The van der Waals surface area contributed by atoms with Gasteiger partial charge >= 0.3 is 5.97 Å². The zero-order valence-corrected chi connectivity index (χ0v) is 25.9. The Morgan fingerprint density at radius 3 is 1.75 bits per heavy atom. The van der Waals surface area contributed by atoms with Gasteiger partial charge in [0, 0.05) is 42.8 Å². The van der Waals surface area contributed by atoms with Gasteiger partial charge in [-0.3, -0.25) is 19.2 Å². The second kappa shape index (κ2) is 16.1. The molecular weight excluding hydrogens is 620 g/mol. The van der Waals surface area contributed by atoms with Crippen LogP contribution in [0.25, 0.3) is 10.9 Å². The molecule has 0 bridgehead atoms. The van der Waals surface area contributed by atoms with Crippen LogP contribution >= 0.6 is 0 Å². The number of aromatic nitrogens is 1. The molecule has 14 heteroatoms. The van der Waals surface area contributed by atoms with Crippen molar-refractivity contribution in [2.75, 3.05) is 0 Å². The van der Waals surface area contributed by atoms with Gasteiger partial charge in [0.1, 0.15) is 29.6 Å². The van der Waals surface area contributed by atoms with Crippen molar-refractivity contribution >= 4 is 40.5 Å². The lowest BCUT2D eigenvalue weighted by molar-refractivity contribution is -0.142. The monoisotopic (exact) mass is 658 g/mol. The number of hydrogen-bond acceptors (Lipinski definition) is 8. The number of aromatic amines is 1. The average molecular weight is 659 g/mol. The summed E-state index contributed by atoms with van der Waals surface area (Å²) in [5.41, 5.74) is 13.8. The number of carbonyl (C=O) groups excluding carboxylic acids is 4. The molecular formula is C34H38N6O8. The van der Waals surface area contributed by atoms with Crippen molar-refractivity contribution in [1.82, 2.24) is 20.9 Å². The van der Waals surface area contributed by atoms with Crippen LogP contribution in [0.1, 0.15) is 29.5 Å². The summed E-state index contributed by atoms with van der Waals surface area (Å²) in [6.45, 7) is 0. The number of rotatable bonds is 16. The fraction of sp³-hybridized carbons (Fsp3) is 0.265. The lowest BCUT2D eigenvalue weighted by atomic mass is 10.0. The van der Waals surface area contributed by atoms with Crippen molar-refractivity contribution in [3.63, 3.8) is 0 Å². The van der Waals surface area contributed by atoms with Crippen LogP contribution < -0.4 is 27.4 Å². The molecule has 0 spiro atoms. The SMILES string of the molecule is NC(=O)CCC(N)C(=O)NC(Cc1c[nH]c2ccccc12)C(=O)NC(Cc1ccc(O)cc1)C(=O)NC(Cc1ccc(O)cc1)C(=O)O. The Bertz CT molecular complexity index is 1760. The second-order valence-electron chi connectivity index (χ2n) is 11.4. The number of aliphatic carboxylic acids is 1. The van der Waals surface area contributed by atoms with Gasteiger partial charge in [-0.05, 0) is 53.4 Å². The third kappa shape index (κ3) is 9.80. The van der Waals surface area contributed by atoms with Gasteiger partial charge in [0.25, 0.3) is 0 Å². The van der Waals surface area contributed by atoms with Crippen LogP contribution in [-0.4, -0.2) is 74.1 Å². The Morgan fingerprint density at radius 2 is 1.19 bits per heavy atom. The quantitative estimate of drug-likeness (QED) is 0.0822. The van der Waals surface area contributed by atoms with Crippen molar-refractivity contribution in [2.45, 2.75) is 56.3 Å². The Labute approximate surface area is 275 Å². The number of carbonyl (C=O) groups is 5. The molecule has 1 aromatic heterocycles. The molecule has 0 saturated heterocycles. The van der Waals surface area contributed by atoms with Crippen LogP contribution in [0.2, 0.25) is 0 Å². The van der Waals surface area contributed by atoms with Crippen LogP contribution in [-0.2, 0) is 43.2 Å². The number of nitrogens with two attached hydrogens (primary N) is 2. The smallest absolute Gasteiger partial charge is 0.326 e. The number of primary amides is 1. The highest BCUT2D eigenvalue weighted by atomic mass is 16.4. The molecule has 1 heterocycles. The van der Waals surface area contributed by atoms with Crippen LogP contribution in [0.5, 0.6) is 11.5 Å². The fourth-order valence-electron chi connectivity index (χ4n) is 5.13. The summed E-state index contributed by atoms with van der Waals surface area (Å²) in [4.78, 5) is 67.2. The number of fused-ring (bicyclic) bond motifs is 1. The molecule has 0 radical (unpaired) electrons. The molecule has 0 aliphatic heterocycles. The van der Waals surface area contributed by atoms with Gasteiger partial charge in [0.2, 0.25) is 23.6 Å². The highest BCUT2D eigenvalue weighted by Crippen LogP contribution is 2.20. The lowest BCUT2D eigenvalue weighted by Crippen LogP contribution is -2.58. The van der Waals surface area contributed by atoms with E-state index in [-0.39, 0.29) is 43.6 Å². The Balaban J connectivity index is 1.60. The topological polar surface area (TPSA) is 250 Å². The van der Waals surface area contributed by atoms with E-state index in [0.29, 0.717) is 16.7 Å². The zero-order valence-electron chi connectivity index (χ0n) is 25.9. The van der Waals surface area contributed by atoms with Gasteiger partial charge < -0.3 is 47.7 Å². The molecule has 252 valence electrons.